The minimum atomic E-state index is -0.00303. The van der Waals surface area contributed by atoms with Crippen molar-refractivity contribution in [3.05, 3.63) is 81.8 Å². The zero-order valence-electron chi connectivity index (χ0n) is 16.6. The minimum absolute atomic E-state index is 0.00303. The molecule has 30 heavy (non-hydrogen) atoms. The van der Waals surface area contributed by atoms with E-state index >= 15 is 0 Å². The van der Waals surface area contributed by atoms with Gasteiger partial charge in [-0.1, -0.05) is 36.4 Å². The average molecular weight is 394 g/mol. The Morgan fingerprint density at radius 1 is 1.00 bits per heavy atom. The van der Waals surface area contributed by atoms with Crippen molar-refractivity contribution in [1.82, 2.24) is 14.5 Å². The van der Waals surface area contributed by atoms with Crippen molar-refractivity contribution in [3.8, 4) is 6.07 Å². The second kappa shape index (κ2) is 6.58. The van der Waals surface area contributed by atoms with Crippen molar-refractivity contribution in [2.45, 2.75) is 31.3 Å². The van der Waals surface area contributed by atoms with E-state index in [2.05, 4.69) is 40.2 Å². The fourth-order valence-electron chi connectivity index (χ4n) is 5.59. The molecule has 0 bridgehead atoms. The summed E-state index contributed by atoms with van der Waals surface area (Å²) in [6.45, 7) is 1.94. The van der Waals surface area contributed by atoms with Crippen molar-refractivity contribution in [2.75, 3.05) is 13.1 Å². The van der Waals surface area contributed by atoms with Gasteiger partial charge in [-0.15, -0.1) is 0 Å². The first-order valence-corrected chi connectivity index (χ1v) is 10.6. The first-order chi connectivity index (χ1) is 14.7. The Hall–Kier alpha value is -3.36. The van der Waals surface area contributed by atoms with Crippen LogP contribution < -0.4 is 5.69 Å². The van der Waals surface area contributed by atoms with Gasteiger partial charge in [0.2, 0.25) is 0 Å². The molecule has 5 heteroatoms. The van der Waals surface area contributed by atoms with Crippen LogP contribution in [0, 0.1) is 11.3 Å². The van der Waals surface area contributed by atoms with Crippen LogP contribution in [-0.2, 0) is 6.42 Å². The zero-order chi connectivity index (χ0) is 20.2. The Balaban J connectivity index is 1.29. The molecule has 1 unspecified atom stereocenters. The molecule has 0 radical (unpaired) electrons. The van der Waals surface area contributed by atoms with Crippen LogP contribution in [0.1, 0.15) is 41.6 Å². The number of aromatic nitrogens is 2. The Morgan fingerprint density at radius 3 is 2.67 bits per heavy atom. The molecule has 6 rings (SSSR count). The molecule has 1 aromatic heterocycles. The summed E-state index contributed by atoms with van der Waals surface area (Å²) in [5.74, 6) is 0. The van der Waals surface area contributed by atoms with E-state index in [1.165, 1.54) is 16.5 Å². The lowest BCUT2D eigenvalue weighted by molar-refractivity contribution is 0.137. The highest BCUT2D eigenvalue weighted by Gasteiger charge is 2.33. The van der Waals surface area contributed by atoms with Crippen LogP contribution in [0.2, 0.25) is 0 Å². The van der Waals surface area contributed by atoms with Crippen molar-refractivity contribution in [3.63, 3.8) is 0 Å². The number of fused-ring (bicyclic) bond motifs is 1. The predicted molar refractivity (Wildman–Crippen MR) is 118 cm³/mol. The third-order valence-electron chi connectivity index (χ3n) is 6.98. The van der Waals surface area contributed by atoms with Crippen LogP contribution in [0.25, 0.3) is 21.8 Å². The van der Waals surface area contributed by atoms with Gasteiger partial charge in [-0.3, -0.25) is 9.47 Å². The molecule has 3 aromatic carbocycles. The normalized spacial score (nSPS) is 19.5. The second-order valence-corrected chi connectivity index (χ2v) is 8.46. The second-order valence-electron chi connectivity index (χ2n) is 8.46. The van der Waals surface area contributed by atoms with Gasteiger partial charge in [0.25, 0.3) is 0 Å². The molecule has 1 atom stereocenters. The van der Waals surface area contributed by atoms with E-state index in [0.29, 0.717) is 6.04 Å². The van der Waals surface area contributed by atoms with Gasteiger partial charge in [-0.05, 0) is 54.0 Å². The summed E-state index contributed by atoms with van der Waals surface area (Å²) in [5.41, 5.74) is 5.37. The lowest BCUT2D eigenvalue weighted by Gasteiger charge is -2.36. The summed E-state index contributed by atoms with van der Waals surface area (Å²) >= 11 is 0. The van der Waals surface area contributed by atoms with Gasteiger partial charge in [0.15, 0.2) is 0 Å². The number of aromatic amines is 1. The summed E-state index contributed by atoms with van der Waals surface area (Å²) in [7, 11) is 0. The lowest BCUT2D eigenvalue weighted by Crippen LogP contribution is -2.39. The quantitative estimate of drug-likeness (QED) is 0.552. The highest BCUT2D eigenvalue weighted by Crippen LogP contribution is 2.42. The maximum atomic E-state index is 12.6. The van der Waals surface area contributed by atoms with E-state index < -0.39 is 0 Å². The molecule has 5 nitrogen and oxygen atoms in total. The topological polar surface area (TPSA) is 64.8 Å². The Bertz CT molecular complexity index is 1380. The van der Waals surface area contributed by atoms with Crippen LogP contribution in [-0.4, -0.2) is 27.5 Å². The average Bonchev–Trinajstić information content (AvgIpc) is 3.33. The maximum absolute atomic E-state index is 12.6. The highest BCUT2D eigenvalue weighted by molar-refractivity contribution is 5.95. The standard InChI is InChI=1S/C25H22N4O/c26-15-17-9-8-16-14-23(20-5-3-4-19(17)24(16)20)28-12-10-18(11-13-28)29-22-7-2-1-6-21(22)27-25(29)30/h1-9,18,23H,10-14H2,(H,27,30). The lowest BCUT2D eigenvalue weighted by atomic mass is 9.98. The number of para-hydroxylation sites is 2. The number of benzene rings is 3. The van der Waals surface area contributed by atoms with Crippen molar-refractivity contribution in [1.29, 1.82) is 5.26 Å². The molecule has 0 amide bonds. The number of piperidine rings is 1. The van der Waals surface area contributed by atoms with Gasteiger partial charge < -0.3 is 4.98 Å². The van der Waals surface area contributed by atoms with Crippen molar-refractivity contribution in [2.24, 2.45) is 0 Å². The van der Waals surface area contributed by atoms with Gasteiger partial charge in [0, 0.05) is 30.6 Å². The summed E-state index contributed by atoms with van der Waals surface area (Å²) in [4.78, 5) is 18.1. The number of nitrogens with zero attached hydrogens (tertiary/aromatic N) is 3. The number of imidazole rings is 1. The number of rotatable bonds is 2. The number of hydrogen-bond donors (Lipinski definition) is 1. The molecule has 1 fully saturated rings. The molecule has 148 valence electrons. The maximum Gasteiger partial charge on any atom is 0.326 e. The Morgan fingerprint density at radius 2 is 1.83 bits per heavy atom. The predicted octanol–water partition coefficient (Wildman–Crippen LogP) is 4.29. The SMILES string of the molecule is N#Cc1ccc2c3c(cccc13)C(N1CCC(n3c(=O)[nH]c4ccccc43)CC1)C2. The molecule has 1 aliphatic heterocycles. The molecule has 2 aliphatic rings. The van der Waals surface area contributed by atoms with Crippen LogP contribution in [0.15, 0.2) is 59.4 Å². The number of nitriles is 1. The number of likely N-dealkylation sites (tertiary alicyclic amines) is 1. The molecule has 1 saturated heterocycles. The van der Waals surface area contributed by atoms with Crippen LogP contribution >= 0.6 is 0 Å². The minimum Gasteiger partial charge on any atom is -0.306 e. The largest absolute Gasteiger partial charge is 0.326 e. The first kappa shape index (κ1) is 17.5. The van der Waals surface area contributed by atoms with E-state index in [0.717, 1.165) is 54.3 Å². The van der Waals surface area contributed by atoms with E-state index in [4.69, 9.17) is 0 Å². The number of H-pyrrole nitrogens is 1. The van der Waals surface area contributed by atoms with Crippen LogP contribution in [0.4, 0.5) is 0 Å². The fourth-order valence-corrected chi connectivity index (χ4v) is 5.59. The number of hydrogen-bond acceptors (Lipinski definition) is 3. The summed E-state index contributed by atoms with van der Waals surface area (Å²) < 4.78 is 1.95. The molecule has 0 spiro atoms. The Kier molecular flexibility index (Phi) is 3.84. The van der Waals surface area contributed by atoms with Gasteiger partial charge >= 0.3 is 5.69 Å². The molecular weight excluding hydrogens is 372 g/mol. The fraction of sp³-hybridized carbons (Fsp3) is 0.280. The molecule has 1 N–H and O–H groups in total. The third-order valence-corrected chi connectivity index (χ3v) is 6.98. The van der Waals surface area contributed by atoms with Gasteiger partial charge in [-0.2, -0.15) is 5.26 Å². The van der Waals surface area contributed by atoms with Gasteiger partial charge in [0.05, 0.1) is 22.7 Å². The zero-order valence-corrected chi connectivity index (χ0v) is 16.6. The summed E-state index contributed by atoms with van der Waals surface area (Å²) in [6.07, 6.45) is 2.93. The van der Waals surface area contributed by atoms with Gasteiger partial charge in [-0.25, -0.2) is 4.79 Å². The smallest absolute Gasteiger partial charge is 0.306 e. The molecule has 2 heterocycles. The van der Waals surface area contributed by atoms with Crippen molar-refractivity contribution >= 4 is 21.8 Å². The summed E-state index contributed by atoms with van der Waals surface area (Å²) in [5, 5.41) is 11.8. The third kappa shape index (κ3) is 2.47. The van der Waals surface area contributed by atoms with Crippen molar-refractivity contribution < 1.29 is 0 Å². The van der Waals surface area contributed by atoms with Gasteiger partial charge in [0.1, 0.15) is 0 Å². The molecule has 0 saturated carbocycles. The monoisotopic (exact) mass is 394 g/mol. The van der Waals surface area contributed by atoms with E-state index in [1.54, 1.807) is 0 Å². The highest BCUT2D eigenvalue weighted by atomic mass is 16.1. The van der Waals surface area contributed by atoms with E-state index in [1.807, 2.05) is 34.9 Å². The van der Waals surface area contributed by atoms with E-state index in [9.17, 15) is 10.1 Å². The molecule has 4 aromatic rings. The summed E-state index contributed by atoms with van der Waals surface area (Å²) in [6, 6.07) is 21.3. The molecular formula is C25H22N4O. The molecule has 1 aliphatic carbocycles. The number of nitrogens with one attached hydrogen (secondary N) is 1. The van der Waals surface area contributed by atoms with Crippen LogP contribution in [0.3, 0.4) is 0 Å². The van der Waals surface area contributed by atoms with Crippen LogP contribution in [0.5, 0.6) is 0 Å². The Labute approximate surface area is 174 Å². The van der Waals surface area contributed by atoms with E-state index in [-0.39, 0.29) is 11.7 Å². The first-order valence-electron chi connectivity index (χ1n) is 10.6.